The van der Waals surface area contributed by atoms with Crippen LogP contribution in [0.2, 0.25) is 0 Å². The van der Waals surface area contributed by atoms with E-state index in [0.717, 1.165) is 0 Å². The van der Waals surface area contributed by atoms with Crippen molar-refractivity contribution in [1.82, 2.24) is 14.7 Å². The molecule has 2 N–H and O–H groups in total. The van der Waals surface area contributed by atoms with Gasteiger partial charge in [-0.05, 0) is 18.2 Å². The van der Waals surface area contributed by atoms with Crippen LogP contribution in [0.1, 0.15) is 26.7 Å². The summed E-state index contributed by atoms with van der Waals surface area (Å²) in [7, 11) is 4.97. The Morgan fingerprint density at radius 3 is 2.64 bits per heavy atom. The van der Waals surface area contributed by atoms with Gasteiger partial charge in [0.05, 0.1) is 6.20 Å². The van der Waals surface area contributed by atoms with Gasteiger partial charge < -0.3 is 24.3 Å². The fraction of sp³-hybridized carbons (Fsp3) is 0.211. The van der Waals surface area contributed by atoms with Gasteiger partial charge in [-0.3, -0.25) is 9.48 Å². The van der Waals surface area contributed by atoms with Crippen LogP contribution in [-0.2, 0) is 13.7 Å². The molecule has 0 saturated carbocycles. The summed E-state index contributed by atoms with van der Waals surface area (Å²) in [5.41, 5.74) is 0.838. The van der Waals surface area contributed by atoms with Crippen molar-refractivity contribution in [2.24, 2.45) is 7.05 Å². The summed E-state index contributed by atoms with van der Waals surface area (Å²) in [5.74, 6) is -1.10. The monoisotopic (exact) mass is 385 g/mol. The van der Waals surface area contributed by atoms with E-state index in [2.05, 4.69) is 5.10 Å². The second-order valence-electron chi connectivity index (χ2n) is 6.33. The molecule has 9 nitrogen and oxygen atoms in total. The van der Waals surface area contributed by atoms with Gasteiger partial charge in [0.15, 0.2) is 5.76 Å². The molecule has 146 valence electrons. The van der Waals surface area contributed by atoms with Crippen molar-refractivity contribution in [2.45, 2.75) is 6.61 Å². The summed E-state index contributed by atoms with van der Waals surface area (Å²) in [4.78, 5) is 24.7. The lowest BCUT2D eigenvalue weighted by Gasteiger charge is -2.12. The number of ether oxygens (including phenoxy) is 1. The van der Waals surface area contributed by atoms with E-state index >= 15 is 0 Å². The first-order valence-electron chi connectivity index (χ1n) is 8.28. The highest BCUT2D eigenvalue weighted by Crippen LogP contribution is 2.36. The van der Waals surface area contributed by atoms with Gasteiger partial charge in [0, 0.05) is 44.5 Å². The predicted octanol–water partition coefficient (Wildman–Crippen LogP) is 2.36. The Bertz CT molecular complexity index is 1030. The smallest absolute Gasteiger partial charge is 0.339 e. The first-order valence-corrected chi connectivity index (χ1v) is 8.28. The number of aromatic hydroxyl groups is 1. The molecule has 1 amide bonds. The molecule has 0 aliphatic carbocycles. The topological polar surface area (TPSA) is 118 Å². The summed E-state index contributed by atoms with van der Waals surface area (Å²) in [6.45, 7) is -0.0141. The summed E-state index contributed by atoms with van der Waals surface area (Å²) in [6.07, 6.45) is 3.26. The van der Waals surface area contributed by atoms with Crippen LogP contribution < -0.4 is 4.74 Å². The van der Waals surface area contributed by atoms with Crippen LogP contribution in [0.3, 0.4) is 0 Å². The molecule has 2 heterocycles. The van der Waals surface area contributed by atoms with Gasteiger partial charge in [-0.1, -0.05) is 0 Å². The second kappa shape index (κ2) is 7.47. The minimum absolute atomic E-state index is 0.0141. The Labute approximate surface area is 160 Å². The number of carbonyl (C=O) groups excluding carboxylic acids is 1. The minimum atomic E-state index is -1.26. The first-order chi connectivity index (χ1) is 13.3. The zero-order chi connectivity index (χ0) is 20.4. The van der Waals surface area contributed by atoms with Crippen LogP contribution in [0, 0.1) is 0 Å². The highest BCUT2D eigenvalue weighted by atomic mass is 16.5. The molecule has 0 bridgehead atoms. The maximum Gasteiger partial charge on any atom is 0.339 e. The van der Waals surface area contributed by atoms with Gasteiger partial charge >= 0.3 is 5.97 Å². The molecule has 2 aromatic heterocycles. The maximum absolute atomic E-state index is 11.9. The van der Waals surface area contributed by atoms with Crippen LogP contribution in [0.15, 0.2) is 41.1 Å². The van der Waals surface area contributed by atoms with Gasteiger partial charge in [-0.25, -0.2) is 4.79 Å². The lowest BCUT2D eigenvalue weighted by molar-refractivity contribution is 0.0693. The number of hydrogen-bond donors (Lipinski definition) is 2. The molecule has 0 aliphatic rings. The molecule has 3 rings (SSSR count). The van der Waals surface area contributed by atoms with E-state index in [1.807, 2.05) is 0 Å². The summed E-state index contributed by atoms with van der Waals surface area (Å²) in [5, 5.41) is 23.4. The molecule has 0 atom stereocenters. The number of furan rings is 1. The van der Waals surface area contributed by atoms with Gasteiger partial charge in [0.2, 0.25) is 0 Å². The highest BCUT2D eigenvalue weighted by Gasteiger charge is 2.19. The number of phenols is 1. The van der Waals surface area contributed by atoms with Crippen molar-refractivity contribution in [3.05, 3.63) is 53.7 Å². The molecule has 0 fully saturated rings. The summed E-state index contributed by atoms with van der Waals surface area (Å²) >= 11 is 0. The standard InChI is InChI=1S/C19H19N3O6/c1-21(2)18(24)16-5-4-12(28-16)10-27-17-7-15(23)14(19(25)26)6-13(17)11-8-20-22(3)9-11/h4-9,23H,10H2,1-3H3,(H,25,26). The van der Waals surface area contributed by atoms with Crippen molar-refractivity contribution in [3.63, 3.8) is 0 Å². The largest absolute Gasteiger partial charge is 0.507 e. The number of nitrogens with zero attached hydrogens (tertiary/aromatic N) is 3. The van der Waals surface area contributed by atoms with E-state index in [-0.39, 0.29) is 29.6 Å². The Morgan fingerprint density at radius 2 is 2.04 bits per heavy atom. The van der Waals surface area contributed by atoms with Crippen LogP contribution in [0.25, 0.3) is 11.1 Å². The zero-order valence-electron chi connectivity index (χ0n) is 15.5. The summed E-state index contributed by atoms with van der Waals surface area (Å²) in [6, 6.07) is 5.73. The molecule has 9 heteroatoms. The highest BCUT2D eigenvalue weighted by molar-refractivity contribution is 5.93. The minimum Gasteiger partial charge on any atom is -0.507 e. The Hall–Kier alpha value is -3.75. The normalized spacial score (nSPS) is 10.7. The van der Waals surface area contributed by atoms with E-state index in [0.29, 0.717) is 16.9 Å². The Morgan fingerprint density at radius 1 is 1.29 bits per heavy atom. The third kappa shape index (κ3) is 3.83. The Kier molecular flexibility index (Phi) is 5.08. The number of carboxylic acid groups (broad SMARTS) is 1. The van der Waals surface area contributed by atoms with E-state index in [1.54, 1.807) is 50.4 Å². The van der Waals surface area contributed by atoms with Crippen molar-refractivity contribution in [2.75, 3.05) is 14.1 Å². The van der Waals surface area contributed by atoms with Crippen LogP contribution >= 0.6 is 0 Å². The number of carbonyl (C=O) groups is 2. The number of aromatic nitrogens is 2. The van der Waals surface area contributed by atoms with Gasteiger partial charge in [0.25, 0.3) is 5.91 Å². The Balaban J connectivity index is 1.90. The molecule has 3 aromatic rings. The van der Waals surface area contributed by atoms with Crippen molar-refractivity contribution in [3.8, 4) is 22.6 Å². The second-order valence-corrected chi connectivity index (χ2v) is 6.33. The number of amides is 1. The molecule has 0 aliphatic heterocycles. The quantitative estimate of drug-likeness (QED) is 0.669. The van der Waals surface area contributed by atoms with Crippen LogP contribution in [0.4, 0.5) is 0 Å². The van der Waals surface area contributed by atoms with Crippen molar-refractivity contribution >= 4 is 11.9 Å². The van der Waals surface area contributed by atoms with Gasteiger partial charge in [-0.2, -0.15) is 5.10 Å². The molecular weight excluding hydrogens is 366 g/mol. The molecule has 0 unspecified atom stereocenters. The molecule has 0 saturated heterocycles. The number of aromatic carboxylic acids is 1. The van der Waals surface area contributed by atoms with Crippen LogP contribution in [-0.4, -0.2) is 50.9 Å². The molecule has 28 heavy (non-hydrogen) atoms. The van der Waals surface area contributed by atoms with E-state index in [9.17, 15) is 19.8 Å². The SMILES string of the molecule is CN(C)C(=O)c1ccc(COc2cc(O)c(C(=O)O)cc2-c2cnn(C)c2)o1. The van der Waals surface area contributed by atoms with E-state index in [4.69, 9.17) is 9.15 Å². The zero-order valence-corrected chi connectivity index (χ0v) is 15.5. The third-order valence-corrected chi connectivity index (χ3v) is 3.99. The number of hydrogen-bond acceptors (Lipinski definition) is 6. The maximum atomic E-state index is 11.9. The average molecular weight is 385 g/mol. The molecule has 0 radical (unpaired) electrons. The van der Waals surface area contributed by atoms with Crippen molar-refractivity contribution in [1.29, 1.82) is 0 Å². The van der Waals surface area contributed by atoms with E-state index < -0.39 is 11.7 Å². The average Bonchev–Trinajstić information content (AvgIpc) is 3.28. The third-order valence-electron chi connectivity index (χ3n) is 3.99. The molecule has 0 spiro atoms. The fourth-order valence-corrected chi connectivity index (χ4v) is 2.59. The lowest BCUT2D eigenvalue weighted by Crippen LogP contribution is -2.20. The first kappa shape index (κ1) is 19.0. The van der Waals surface area contributed by atoms with Gasteiger partial charge in [0.1, 0.15) is 29.4 Å². The lowest BCUT2D eigenvalue weighted by atomic mass is 10.0. The number of carboxylic acids is 1. The predicted molar refractivity (Wildman–Crippen MR) is 98.3 cm³/mol. The summed E-state index contributed by atoms with van der Waals surface area (Å²) < 4.78 is 12.8. The van der Waals surface area contributed by atoms with Crippen molar-refractivity contribution < 1.29 is 29.0 Å². The fourth-order valence-electron chi connectivity index (χ4n) is 2.59. The number of benzene rings is 1. The molecular formula is C19H19N3O6. The van der Waals surface area contributed by atoms with Crippen LogP contribution in [0.5, 0.6) is 11.5 Å². The number of aryl methyl sites for hydroxylation is 1. The van der Waals surface area contributed by atoms with E-state index in [1.165, 1.54) is 17.0 Å². The number of rotatable bonds is 6. The van der Waals surface area contributed by atoms with Gasteiger partial charge in [-0.15, -0.1) is 0 Å². The molecule has 1 aromatic carbocycles.